The Morgan fingerprint density at radius 3 is 2.53 bits per heavy atom. The average molecular weight is 399 g/mol. The van der Waals surface area contributed by atoms with Crippen molar-refractivity contribution in [1.29, 1.82) is 0 Å². The molecule has 1 heterocycles. The van der Waals surface area contributed by atoms with Gasteiger partial charge in [-0.15, -0.1) is 0 Å². The van der Waals surface area contributed by atoms with Crippen LogP contribution in [0, 0.1) is 0 Å². The summed E-state index contributed by atoms with van der Waals surface area (Å²) in [7, 11) is 1.59. The SMILES string of the molecule is CCOc1ccc(C=Nn2c(-c3ccccc3)nc3ccccc3c2=O)cc1OC. The van der Waals surface area contributed by atoms with Crippen molar-refractivity contribution in [1.82, 2.24) is 9.66 Å². The van der Waals surface area contributed by atoms with E-state index in [1.165, 1.54) is 4.68 Å². The Bertz CT molecular complexity index is 1260. The Hall–Kier alpha value is -3.93. The van der Waals surface area contributed by atoms with Crippen molar-refractivity contribution in [2.75, 3.05) is 13.7 Å². The Kier molecular flexibility index (Phi) is 5.57. The van der Waals surface area contributed by atoms with E-state index in [0.29, 0.717) is 34.8 Å². The molecule has 3 aromatic carbocycles. The highest BCUT2D eigenvalue weighted by Gasteiger charge is 2.12. The number of methoxy groups -OCH3 is 1. The van der Waals surface area contributed by atoms with Crippen molar-refractivity contribution in [3.63, 3.8) is 0 Å². The van der Waals surface area contributed by atoms with Gasteiger partial charge in [0.1, 0.15) is 0 Å². The molecule has 150 valence electrons. The van der Waals surface area contributed by atoms with E-state index in [2.05, 4.69) is 5.10 Å². The van der Waals surface area contributed by atoms with E-state index >= 15 is 0 Å². The molecule has 4 rings (SSSR count). The maximum atomic E-state index is 13.2. The molecule has 0 aliphatic heterocycles. The highest BCUT2D eigenvalue weighted by atomic mass is 16.5. The highest BCUT2D eigenvalue weighted by Crippen LogP contribution is 2.27. The molecule has 0 fully saturated rings. The van der Waals surface area contributed by atoms with Crippen LogP contribution in [0.15, 0.2) is 82.7 Å². The van der Waals surface area contributed by atoms with Crippen molar-refractivity contribution in [3.8, 4) is 22.9 Å². The van der Waals surface area contributed by atoms with Crippen molar-refractivity contribution < 1.29 is 9.47 Å². The van der Waals surface area contributed by atoms with Gasteiger partial charge in [-0.1, -0.05) is 42.5 Å². The molecule has 1 aromatic heterocycles. The number of benzene rings is 3. The molecule has 6 heteroatoms. The number of ether oxygens (including phenoxy) is 2. The van der Waals surface area contributed by atoms with Gasteiger partial charge in [0.05, 0.1) is 30.8 Å². The summed E-state index contributed by atoms with van der Waals surface area (Å²) in [5, 5.41) is 4.99. The van der Waals surface area contributed by atoms with E-state index in [1.807, 2.05) is 73.7 Å². The van der Waals surface area contributed by atoms with Crippen LogP contribution >= 0.6 is 0 Å². The summed E-state index contributed by atoms with van der Waals surface area (Å²) in [6, 6.07) is 22.3. The second-order valence-electron chi connectivity index (χ2n) is 6.52. The van der Waals surface area contributed by atoms with Gasteiger partial charge in [0, 0.05) is 5.56 Å². The third-order valence-corrected chi connectivity index (χ3v) is 4.60. The molecule has 0 atom stereocenters. The van der Waals surface area contributed by atoms with Gasteiger partial charge in [0.25, 0.3) is 5.56 Å². The van der Waals surface area contributed by atoms with Crippen LogP contribution in [0.4, 0.5) is 0 Å². The minimum absolute atomic E-state index is 0.228. The Morgan fingerprint density at radius 1 is 1.00 bits per heavy atom. The fourth-order valence-corrected chi connectivity index (χ4v) is 3.17. The molecular weight excluding hydrogens is 378 g/mol. The predicted octanol–water partition coefficient (Wildman–Crippen LogP) is 4.35. The quantitative estimate of drug-likeness (QED) is 0.452. The van der Waals surface area contributed by atoms with Crippen molar-refractivity contribution in [3.05, 3.63) is 88.7 Å². The molecule has 6 nitrogen and oxygen atoms in total. The summed E-state index contributed by atoms with van der Waals surface area (Å²) in [5.41, 5.74) is 1.99. The number of nitrogens with zero attached hydrogens (tertiary/aromatic N) is 3. The van der Waals surface area contributed by atoms with E-state index in [9.17, 15) is 4.79 Å². The van der Waals surface area contributed by atoms with Crippen LogP contribution in [0.5, 0.6) is 11.5 Å². The maximum absolute atomic E-state index is 13.2. The van der Waals surface area contributed by atoms with Gasteiger partial charge in [-0.3, -0.25) is 4.79 Å². The largest absolute Gasteiger partial charge is 0.493 e. The monoisotopic (exact) mass is 399 g/mol. The highest BCUT2D eigenvalue weighted by molar-refractivity contribution is 5.82. The first-order chi connectivity index (χ1) is 14.7. The van der Waals surface area contributed by atoms with Crippen LogP contribution in [-0.2, 0) is 0 Å². The standard InChI is InChI=1S/C24H21N3O3/c1-3-30-21-14-13-17(15-22(21)29-2)16-25-27-23(18-9-5-4-6-10-18)26-20-12-8-7-11-19(20)24(27)28/h4-16H,3H2,1-2H3. The first-order valence-electron chi connectivity index (χ1n) is 9.63. The zero-order chi connectivity index (χ0) is 20.9. The lowest BCUT2D eigenvalue weighted by molar-refractivity contribution is 0.311. The Labute approximate surface area is 174 Å². The van der Waals surface area contributed by atoms with E-state index in [0.717, 1.165) is 11.1 Å². The maximum Gasteiger partial charge on any atom is 0.282 e. The minimum atomic E-state index is -0.228. The second kappa shape index (κ2) is 8.61. The number of hydrogen-bond acceptors (Lipinski definition) is 5. The van der Waals surface area contributed by atoms with Gasteiger partial charge in [0.15, 0.2) is 17.3 Å². The van der Waals surface area contributed by atoms with Crippen LogP contribution in [0.1, 0.15) is 12.5 Å². The van der Waals surface area contributed by atoms with Gasteiger partial charge in [-0.2, -0.15) is 9.78 Å². The fraction of sp³-hybridized carbons (Fsp3) is 0.125. The number of rotatable bonds is 6. The molecule has 0 saturated carbocycles. The topological polar surface area (TPSA) is 65.7 Å². The number of hydrogen-bond donors (Lipinski definition) is 0. The first-order valence-corrected chi connectivity index (χ1v) is 9.63. The van der Waals surface area contributed by atoms with E-state index in [4.69, 9.17) is 14.5 Å². The lowest BCUT2D eigenvalue weighted by atomic mass is 10.2. The van der Waals surface area contributed by atoms with Crippen LogP contribution in [0.3, 0.4) is 0 Å². The van der Waals surface area contributed by atoms with E-state index in [1.54, 1.807) is 19.4 Å². The molecule has 0 aliphatic rings. The van der Waals surface area contributed by atoms with Crippen molar-refractivity contribution in [2.24, 2.45) is 5.10 Å². The van der Waals surface area contributed by atoms with Gasteiger partial charge in [-0.25, -0.2) is 4.98 Å². The number of para-hydroxylation sites is 1. The molecule has 0 radical (unpaired) electrons. The normalized spacial score (nSPS) is 11.1. The molecule has 0 spiro atoms. The third kappa shape index (κ3) is 3.80. The summed E-state index contributed by atoms with van der Waals surface area (Å²) in [6.07, 6.45) is 1.61. The average Bonchev–Trinajstić information content (AvgIpc) is 2.80. The van der Waals surface area contributed by atoms with Gasteiger partial charge in [0.2, 0.25) is 0 Å². The molecule has 0 unspecified atom stereocenters. The lowest BCUT2D eigenvalue weighted by Crippen LogP contribution is -2.20. The van der Waals surface area contributed by atoms with Crippen LogP contribution in [0.25, 0.3) is 22.3 Å². The third-order valence-electron chi connectivity index (χ3n) is 4.60. The molecule has 0 amide bonds. The van der Waals surface area contributed by atoms with E-state index < -0.39 is 0 Å². The van der Waals surface area contributed by atoms with Gasteiger partial charge < -0.3 is 9.47 Å². The minimum Gasteiger partial charge on any atom is -0.493 e. The van der Waals surface area contributed by atoms with Gasteiger partial charge in [-0.05, 0) is 42.8 Å². The van der Waals surface area contributed by atoms with Crippen LogP contribution in [-0.4, -0.2) is 29.6 Å². The van der Waals surface area contributed by atoms with Crippen LogP contribution in [0.2, 0.25) is 0 Å². The smallest absolute Gasteiger partial charge is 0.282 e. The predicted molar refractivity (Wildman–Crippen MR) is 119 cm³/mol. The molecule has 0 bridgehead atoms. The second-order valence-corrected chi connectivity index (χ2v) is 6.52. The zero-order valence-corrected chi connectivity index (χ0v) is 16.8. The van der Waals surface area contributed by atoms with Crippen LogP contribution < -0.4 is 15.0 Å². The Balaban J connectivity index is 1.84. The summed E-state index contributed by atoms with van der Waals surface area (Å²) in [5.74, 6) is 1.74. The zero-order valence-electron chi connectivity index (χ0n) is 16.8. The number of aromatic nitrogens is 2. The van der Waals surface area contributed by atoms with Crippen molar-refractivity contribution in [2.45, 2.75) is 6.92 Å². The molecule has 4 aromatic rings. The number of fused-ring (bicyclic) bond motifs is 1. The summed E-state index contributed by atoms with van der Waals surface area (Å²) in [6.45, 7) is 2.46. The van der Waals surface area contributed by atoms with E-state index in [-0.39, 0.29) is 5.56 Å². The summed E-state index contributed by atoms with van der Waals surface area (Å²) >= 11 is 0. The first kappa shape index (κ1) is 19.4. The lowest BCUT2D eigenvalue weighted by Gasteiger charge is -2.10. The molecule has 0 saturated heterocycles. The molecule has 0 aliphatic carbocycles. The molecular formula is C24H21N3O3. The summed E-state index contributed by atoms with van der Waals surface area (Å²) < 4.78 is 12.3. The Morgan fingerprint density at radius 2 is 1.77 bits per heavy atom. The molecule has 0 N–H and O–H groups in total. The van der Waals surface area contributed by atoms with Gasteiger partial charge >= 0.3 is 0 Å². The molecule has 30 heavy (non-hydrogen) atoms. The van der Waals surface area contributed by atoms with Crippen molar-refractivity contribution >= 4 is 17.1 Å². The summed E-state index contributed by atoms with van der Waals surface area (Å²) in [4.78, 5) is 17.9. The fourth-order valence-electron chi connectivity index (χ4n) is 3.17.